The standard InChI is InChI=1S/C17H17BN2O2/c1-11-4-5-14-12(9-11)13(17(21)19-7-6-18)10-15(20-14)16-3-2-8-22-16/h2-5,8-10H,6-7,18H2,1H3,(H,19,21). The van der Waals surface area contributed by atoms with Gasteiger partial charge in [0.05, 0.1) is 17.3 Å². The molecule has 0 bridgehead atoms. The molecule has 0 atom stereocenters. The highest BCUT2D eigenvalue weighted by atomic mass is 16.3. The van der Waals surface area contributed by atoms with E-state index >= 15 is 0 Å². The minimum atomic E-state index is -0.0762. The van der Waals surface area contributed by atoms with Crippen LogP contribution in [0.2, 0.25) is 6.32 Å². The average Bonchev–Trinajstić information content (AvgIpc) is 3.06. The number of nitrogens with one attached hydrogen (secondary N) is 1. The lowest BCUT2D eigenvalue weighted by molar-refractivity contribution is 0.0957. The molecule has 0 aliphatic rings. The number of carbonyl (C=O) groups excluding carboxylic acids is 1. The van der Waals surface area contributed by atoms with Crippen molar-refractivity contribution in [1.82, 2.24) is 10.3 Å². The summed E-state index contributed by atoms with van der Waals surface area (Å²) >= 11 is 0. The second-order valence-electron chi connectivity index (χ2n) is 5.31. The van der Waals surface area contributed by atoms with E-state index in [4.69, 9.17) is 4.42 Å². The van der Waals surface area contributed by atoms with Crippen molar-refractivity contribution in [3.05, 3.63) is 53.8 Å². The summed E-state index contributed by atoms with van der Waals surface area (Å²) in [5.41, 5.74) is 3.20. The molecule has 0 radical (unpaired) electrons. The Labute approximate surface area is 130 Å². The van der Waals surface area contributed by atoms with Gasteiger partial charge in [-0.25, -0.2) is 4.98 Å². The van der Waals surface area contributed by atoms with Gasteiger partial charge >= 0.3 is 0 Å². The third kappa shape index (κ3) is 2.75. The van der Waals surface area contributed by atoms with Crippen LogP contribution in [0.15, 0.2) is 47.1 Å². The van der Waals surface area contributed by atoms with Crippen LogP contribution >= 0.6 is 0 Å². The van der Waals surface area contributed by atoms with E-state index in [1.54, 1.807) is 12.3 Å². The third-order valence-electron chi connectivity index (χ3n) is 3.52. The van der Waals surface area contributed by atoms with Crippen LogP contribution in [-0.2, 0) is 0 Å². The molecule has 4 nitrogen and oxygen atoms in total. The summed E-state index contributed by atoms with van der Waals surface area (Å²) in [6.07, 6.45) is 2.51. The zero-order chi connectivity index (χ0) is 15.5. The van der Waals surface area contributed by atoms with E-state index in [0.29, 0.717) is 23.6 Å². The molecule has 0 unspecified atom stereocenters. The van der Waals surface area contributed by atoms with Crippen LogP contribution in [0.25, 0.3) is 22.4 Å². The highest BCUT2D eigenvalue weighted by Crippen LogP contribution is 2.26. The Bertz CT molecular complexity index is 813. The van der Waals surface area contributed by atoms with Crippen molar-refractivity contribution in [1.29, 1.82) is 0 Å². The van der Waals surface area contributed by atoms with E-state index in [-0.39, 0.29) is 5.91 Å². The summed E-state index contributed by atoms with van der Waals surface area (Å²) in [7, 11) is 2.03. The van der Waals surface area contributed by atoms with Gasteiger partial charge in [-0.05, 0) is 37.3 Å². The number of pyridine rings is 1. The summed E-state index contributed by atoms with van der Waals surface area (Å²) < 4.78 is 5.41. The van der Waals surface area contributed by atoms with Crippen molar-refractivity contribution in [3.63, 3.8) is 0 Å². The minimum absolute atomic E-state index is 0.0762. The molecule has 5 heteroatoms. The van der Waals surface area contributed by atoms with Gasteiger partial charge in [0.15, 0.2) is 5.76 Å². The topological polar surface area (TPSA) is 55.1 Å². The zero-order valence-electron chi connectivity index (χ0n) is 12.7. The van der Waals surface area contributed by atoms with Crippen molar-refractivity contribution in [2.45, 2.75) is 13.2 Å². The molecule has 1 N–H and O–H groups in total. The Morgan fingerprint density at radius 1 is 1.32 bits per heavy atom. The molecule has 2 aromatic heterocycles. The van der Waals surface area contributed by atoms with Gasteiger partial charge in [-0.15, -0.1) is 0 Å². The number of furan rings is 1. The Hall–Kier alpha value is -2.56. The number of hydrogen-bond donors (Lipinski definition) is 1. The Morgan fingerprint density at radius 3 is 2.91 bits per heavy atom. The summed E-state index contributed by atoms with van der Waals surface area (Å²) in [6.45, 7) is 2.66. The number of hydrogen-bond acceptors (Lipinski definition) is 3. The van der Waals surface area contributed by atoms with Crippen molar-refractivity contribution >= 4 is 24.7 Å². The Balaban J connectivity index is 2.17. The van der Waals surface area contributed by atoms with Crippen molar-refractivity contribution < 1.29 is 9.21 Å². The summed E-state index contributed by atoms with van der Waals surface area (Å²) in [6, 6.07) is 11.4. The van der Waals surface area contributed by atoms with E-state index in [1.807, 2.05) is 45.1 Å². The van der Waals surface area contributed by atoms with Crippen molar-refractivity contribution in [3.8, 4) is 11.5 Å². The second kappa shape index (κ2) is 6.06. The highest BCUT2D eigenvalue weighted by Gasteiger charge is 2.14. The molecular weight excluding hydrogens is 275 g/mol. The summed E-state index contributed by atoms with van der Waals surface area (Å²) in [5, 5.41) is 3.80. The van der Waals surface area contributed by atoms with Gasteiger partial charge < -0.3 is 9.73 Å². The van der Waals surface area contributed by atoms with Gasteiger partial charge in [0.1, 0.15) is 13.5 Å². The lowest BCUT2D eigenvalue weighted by atomic mass is 10.0. The predicted molar refractivity (Wildman–Crippen MR) is 89.9 cm³/mol. The number of fused-ring (bicyclic) bond motifs is 1. The zero-order valence-corrected chi connectivity index (χ0v) is 12.7. The molecule has 0 spiro atoms. The Kier molecular flexibility index (Phi) is 3.96. The molecule has 3 aromatic rings. The lowest BCUT2D eigenvalue weighted by Crippen LogP contribution is -2.24. The van der Waals surface area contributed by atoms with Gasteiger partial charge in [-0.3, -0.25) is 4.79 Å². The van der Waals surface area contributed by atoms with Gasteiger partial charge in [0.2, 0.25) is 0 Å². The lowest BCUT2D eigenvalue weighted by Gasteiger charge is -2.10. The number of rotatable bonds is 4. The SMILES string of the molecule is BCCNC(=O)c1cc(-c2ccco2)nc2ccc(C)cc12. The molecule has 110 valence electrons. The molecular formula is C17H17BN2O2. The van der Waals surface area contributed by atoms with E-state index in [1.165, 1.54) is 0 Å². The first kappa shape index (κ1) is 14.4. The number of carbonyl (C=O) groups is 1. The summed E-state index contributed by atoms with van der Waals surface area (Å²) in [4.78, 5) is 17.1. The highest BCUT2D eigenvalue weighted by molar-refractivity contribution is 6.10. The molecule has 2 heterocycles. The predicted octanol–water partition coefficient (Wildman–Crippen LogP) is 2.58. The normalized spacial score (nSPS) is 10.8. The fourth-order valence-electron chi connectivity index (χ4n) is 2.41. The van der Waals surface area contributed by atoms with Gasteiger partial charge in [0.25, 0.3) is 5.91 Å². The molecule has 0 saturated heterocycles. The van der Waals surface area contributed by atoms with Crippen LogP contribution in [0.3, 0.4) is 0 Å². The third-order valence-corrected chi connectivity index (χ3v) is 3.52. The average molecular weight is 292 g/mol. The molecule has 0 fully saturated rings. The fourth-order valence-corrected chi connectivity index (χ4v) is 2.41. The quantitative estimate of drug-likeness (QED) is 0.752. The van der Waals surface area contributed by atoms with Gasteiger partial charge in [0, 0.05) is 11.9 Å². The first-order valence-electron chi connectivity index (χ1n) is 7.42. The second-order valence-corrected chi connectivity index (χ2v) is 5.31. The molecule has 0 saturated carbocycles. The maximum atomic E-state index is 12.5. The maximum Gasteiger partial charge on any atom is 0.252 e. The van der Waals surface area contributed by atoms with Crippen molar-refractivity contribution in [2.24, 2.45) is 0 Å². The maximum absolute atomic E-state index is 12.5. The smallest absolute Gasteiger partial charge is 0.252 e. The number of benzene rings is 1. The molecule has 22 heavy (non-hydrogen) atoms. The first-order valence-corrected chi connectivity index (χ1v) is 7.42. The van der Waals surface area contributed by atoms with Crippen LogP contribution in [0.1, 0.15) is 15.9 Å². The first-order chi connectivity index (χ1) is 10.7. The van der Waals surface area contributed by atoms with E-state index in [2.05, 4.69) is 10.3 Å². The van der Waals surface area contributed by atoms with Crippen LogP contribution in [0.4, 0.5) is 0 Å². The van der Waals surface area contributed by atoms with Gasteiger partial charge in [-0.1, -0.05) is 17.9 Å². The molecule has 3 rings (SSSR count). The molecule has 0 aliphatic heterocycles. The van der Waals surface area contributed by atoms with Crippen LogP contribution in [-0.4, -0.2) is 25.3 Å². The molecule has 1 aromatic carbocycles. The summed E-state index contributed by atoms with van der Waals surface area (Å²) in [5.74, 6) is 0.583. The number of amides is 1. The minimum Gasteiger partial charge on any atom is -0.463 e. The molecule has 0 aliphatic carbocycles. The number of aromatic nitrogens is 1. The number of aryl methyl sites for hydroxylation is 1. The largest absolute Gasteiger partial charge is 0.463 e. The monoisotopic (exact) mass is 292 g/mol. The van der Waals surface area contributed by atoms with Gasteiger partial charge in [-0.2, -0.15) is 0 Å². The van der Waals surface area contributed by atoms with E-state index in [0.717, 1.165) is 22.8 Å². The Morgan fingerprint density at radius 2 is 2.18 bits per heavy atom. The number of nitrogens with zero attached hydrogens (tertiary/aromatic N) is 1. The van der Waals surface area contributed by atoms with E-state index < -0.39 is 0 Å². The van der Waals surface area contributed by atoms with E-state index in [9.17, 15) is 4.79 Å². The molecule has 1 amide bonds. The van der Waals surface area contributed by atoms with Crippen LogP contribution in [0, 0.1) is 6.92 Å². The van der Waals surface area contributed by atoms with Crippen molar-refractivity contribution in [2.75, 3.05) is 6.54 Å². The van der Waals surface area contributed by atoms with Crippen LogP contribution < -0.4 is 5.32 Å². The van der Waals surface area contributed by atoms with Crippen LogP contribution in [0.5, 0.6) is 0 Å². The fraction of sp³-hybridized carbons (Fsp3) is 0.176.